The van der Waals surface area contributed by atoms with Crippen LogP contribution >= 0.6 is 0 Å². The van der Waals surface area contributed by atoms with Gasteiger partial charge in [0.15, 0.2) is 0 Å². The van der Waals surface area contributed by atoms with Crippen LogP contribution in [-0.4, -0.2) is 22.6 Å². The van der Waals surface area contributed by atoms with Crippen molar-refractivity contribution in [1.29, 1.82) is 0 Å². The molecule has 1 unspecified atom stereocenters. The molecular formula is C13H24N4. The Kier molecular flexibility index (Phi) is 5.73. The fourth-order valence-corrected chi connectivity index (χ4v) is 1.43. The van der Waals surface area contributed by atoms with Crippen molar-refractivity contribution in [3.8, 4) is 0 Å². The van der Waals surface area contributed by atoms with Crippen LogP contribution < -0.4 is 10.6 Å². The second-order valence-electron chi connectivity index (χ2n) is 4.29. The van der Waals surface area contributed by atoms with Crippen LogP contribution in [-0.2, 0) is 6.42 Å². The van der Waals surface area contributed by atoms with Crippen LogP contribution in [0.15, 0.2) is 6.07 Å². The number of aromatic nitrogens is 2. The number of aryl methyl sites for hydroxylation is 1. The number of hydrogen-bond donors (Lipinski definition) is 2. The van der Waals surface area contributed by atoms with Gasteiger partial charge < -0.3 is 10.6 Å². The van der Waals surface area contributed by atoms with Gasteiger partial charge in [0, 0.05) is 25.1 Å². The molecule has 4 nitrogen and oxygen atoms in total. The molecule has 0 aromatic carbocycles. The number of nitrogens with zero attached hydrogens (tertiary/aromatic N) is 2. The molecule has 1 atom stereocenters. The molecule has 17 heavy (non-hydrogen) atoms. The zero-order chi connectivity index (χ0) is 12.7. The molecule has 0 saturated heterocycles. The molecule has 0 fully saturated rings. The van der Waals surface area contributed by atoms with Gasteiger partial charge >= 0.3 is 0 Å². The lowest BCUT2D eigenvalue weighted by atomic mass is 10.2. The van der Waals surface area contributed by atoms with Gasteiger partial charge in [-0.05, 0) is 19.8 Å². The van der Waals surface area contributed by atoms with E-state index in [1.807, 2.05) is 6.07 Å². The Bertz CT molecular complexity index is 338. The molecule has 0 aliphatic carbocycles. The molecule has 4 heteroatoms. The first-order valence-corrected chi connectivity index (χ1v) is 6.57. The first-order valence-electron chi connectivity index (χ1n) is 6.57. The highest BCUT2D eigenvalue weighted by Crippen LogP contribution is 2.13. The van der Waals surface area contributed by atoms with Gasteiger partial charge in [-0.15, -0.1) is 0 Å². The fraction of sp³-hybridized carbons (Fsp3) is 0.692. The Balaban J connectivity index is 2.80. The monoisotopic (exact) mass is 236 g/mol. The maximum atomic E-state index is 4.49. The predicted molar refractivity (Wildman–Crippen MR) is 73.6 cm³/mol. The van der Waals surface area contributed by atoms with Crippen LogP contribution in [0.1, 0.15) is 46.4 Å². The minimum atomic E-state index is 0.439. The van der Waals surface area contributed by atoms with Gasteiger partial charge in [0.05, 0.1) is 0 Å². The Labute approximate surface area is 104 Å². The average Bonchev–Trinajstić information content (AvgIpc) is 2.35. The smallest absolute Gasteiger partial charge is 0.132 e. The Hall–Kier alpha value is -1.32. The van der Waals surface area contributed by atoms with Gasteiger partial charge in [0.1, 0.15) is 17.5 Å². The summed E-state index contributed by atoms with van der Waals surface area (Å²) in [7, 11) is 0. The van der Waals surface area contributed by atoms with Crippen molar-refractivity contribution in [3.63, 3.8) is 0 Å². The largest absolute Gasteiger partial charge is 0.370 e. The standard InChI is InChI=1S/C13H24N4/c1-5-8-14-12-9-13(15-10(4)6-2)17-11(7-3)16-12/h9-10H,5-8H2,1-4H3,(H2,14,15,16,17). The van der Waals surface area contributed by atoms with Crippen LogP contribution in [0.4, 0.5) is 11.6 Å². The maximum absolute atomic E-state index is 4.49. The van der Waals surface area contributed by atoms with E-state index >= 15 is 0 Å². The van der Waals surface area contributed by atoms with Gasteiger partial charge in [-0.1, -0.05) is 20.8 Å². The van der Waals surface area contributed by atoms with E-state index in [4.69, 9.17) is 0 Å². The molecule has 0 aliphatic rings. The van der Waals surface area contributed by atoms with E-state index in [0.717, 1.165) is 43.3 Å². The lowest BCUT2D eigenvalue weighted by Gasteiger charge is -2.14. The number of nitrogens with one attached hydrogen (secondary N) is 2. The zero-order valence-electron chi connectivity index (χ0n) is 11.4. The first kappa shape index (κ1) is 13.7. The summed E-state index contributed by atoms with van der Waals surface area (Å²) >= 11 is 0. The van der Waals surface area contributed by atoms with E-state index in [2.05, 4.69) is 48.3 Å². The van der Waals surface area contributed by atoms with Crippen LogP contribution in [0, 0.1) is 0 Å². The van der Waals surface area contributed by atoms with Crippen molar-refractivity contribution in [2.75, 3.05) is 17.2 Å². The minimum absolute atomic E-state index is 0.439. The lowest BCUT2D eigenvalue weighted by Crippen LogP contribution is -2.16. The summed E-state index contributed by atoms with van der Waals surface area (Å²) in [4.78, 5) is 8.95. The molecule has 1 rings (SSSR count). The van der Waals surface area contributed by atoms with Crippen molar-refractivity contribution in [2.24, 2.45) is 0 Å². The molecule has 0 bridgehead atoms. The zero-order valence-corrected chi connectivity index (χ0v) is 11.4. The third kappa shape index (κ3) is 4.59. The Morgan fingerprint density at radius 1 is 1.18 bits per heavy atom. The normalized spacial score (nSPS) is 12.2. The Morgan fingerprint density at radius 2 is 1.88 bits per heavy atom. The van der Waals surface area contributed by atoms with Gasteiger partial charge in [-0.25, -0.2) is 9.97 Å². The molecule has 96 valence electrons. The molecule has 0 aliphatic heterocycles. The second-order valence-corrected chi connectivity index (χ2v) is 4.29. The molecule has 0 radical (unpaired) electrons. The van der Waals surface area contributed by atoms with Crippen molar-refractivity contribution in [3.05, 3.63) is 11.9 Å². The summed E-state index contributed by atoms with van der Waals surface area (Å²) in [6, 6.07) is 2.43. The van der Waals surface area contributed by atoms with E-state index in [-0.39, 0.29) is 0 Å². The minimum Gasteiger partial charge on any atom is -0.370 e. The third-order valence-electron chi connectivity index (χ3n) is 2.65. The molecule has 1 heterocycles. The topological polar surface area (TPSA) is 49.8 Å². The van der Waals surface area contributed by atoms with E-state index in [0.29, 0.717) is 6.04 Å². The highest BCUT2D eigenvalue weighted by molar-refractivity contribution is 5.48. The molecule has 2 N–H and O–H groups in total. The number of hydrogen-bond acceptors (Lipinski definition) is 4. The van der Waals surface area contributed by atoms with Crippen molar-refractivity contribution < 1.29 is 0 Å². The van der Waals surface area contributed by atoms with Crippen LogP contribution in [0.2, 0.25) is 0 Å². The molecule has 1 aromatic rings. The highest BCUT2D eigenvalue weighted by atomic mass is 15.1. The second kappa shape index (κ2) is 7.09. The molecule has 1 aromatic heterocycles. The molecule has 0 saturated carbocycles. The first-order chi connectivity index (χ1) is 8.19. The number of anilines is 2. The van der Waals surface area contributed by atoms with Crippen molar-refractivity contribution in [2.45, 2.75) is 53.0 Å². The summed E-state index contributed by atoms with van der Waals surface area (Å²) < 4.78 is 0. The van der Waals surface area contributed by atoms with Crippen molar-refractivity contribution >= 4 is 11.6 Å². The SMILES string of the molecule is CCCNc1cc(NC(C)CC)nc(CC)n1. The summed E-state index contributed by atoms with van der Waals surface area (Å²) in [6.45, 7) is 9.49. The van der Waals surface area contributed by atoms with Gasteiger partial charge in [0.25, 0.3) is 0 Å². The van der Waals surface area contributed by atoms with Crippen molar-refractivity contribution in [1.82, 2.24) is 9.97 Å². The Morgan fingerprint density at radius 3 is 2.47 bits per heavy atom. The molecule has 0 amide bonds. The molecule has 0 spiro atoms. The van der Waals surface area contributed by atoms with E-state index in [1.165, 1.54) is 0 Å². The fourth-order valence-electron chi connectivity index (χ4n) is 1.43. The quantitative estimate of drug-likeness (QED) is 0.764. The summed E-state index contributed by atoms with van der Waals surface area (Å²) in [5, 5.41) is 6.70. The summed E-state index contributed by atoms with van der Waals surface area (Å²) in [5.74, 6) is 2.73. The van der Waals surface area contributed by atoms with Crippen LogP contribution in [0.3, 0.4) is 0 Å². The number of rotatable bonds is 7. The highest BCUT2D eigenvalue weighted by Gasteiger charge is 2.05. The van der Waals surface area contributed by atoms with E-state index in [9.17, 15) is 0 Å². The summed E-state index contributed by atoms with van der Waals surface area (Å²) in [5.41, 5.74) is 0. The lowest BCUT2D eigenvalue weighted by molar-refractivity contribution is 0.755. The van der Waals surface area contributed by atoms with E-state index < -0.39 is 0 Å². The maximum Gasteiger partial charge on any atom is 0.132 e. The van der Waals surface area contributed by atoms with E-state index in [1.54, 1.807) is 0 Å². The predicted octanol–water partition coefficient (Wildman–Crippen LogP) is 3.07. The van der Waals surface area contributed by atoms with Gasteiger partial charge in [0.2, 0.25) is 0 Å². The van der Waals surface area contributed by atoms with Gasteiger partial charge in [-0.2, -0.15) is 0 Å². The van der Waals surface area contributed by atoms with Crippen LogP contribution in [0.25, 0.3) is 0 Å². The van der Waals surface area contributed by atoms with Gasteiger partial charge in [-0.3, -0.25) is 0 Å². The van der Waals surface area contributed by atoms with Crippen LogP contribution in [0.5, 0.6) is 0 Å². The molecular weight excluding hydrogens is 212 g/mol. The average molecular weight is 236 g/mol. The third-order valence-corrected chi connectivity index (χ3v) is 2.65. The summed E-state index contributed by atoms with van der Waals surface area (Å²) in [6.07, 6.45) is 3.04.